The number of hydrogen-bond acceptors (Lipinski definition) is 6. The van der Waals surface area contributed by atoms with Crippen LogP contribution in [-0.2, 0) is 34.0 Å². The Labute approximate surface area is 224 Å². The highest BCUT2D eigenvalue weighted by Crippen LogP contribution is 2.34. The maximum atomic E-state index is 14.8. The molecule has 0 aromatic heterocycles. The summed E-state index contributed by atoms with van der Waals surface area (Å²) in [6.45, 7) is 7.69. The normalized spacial score (nSPS) is 24.9. The quantitative estimate of drug-likeness (QED) is 0.581. The van der Waals surface area contributed by atoms with Gasteiger partial charge in [-0.1, -0.05) is 12.1 Å². The number of rotatable bonds is 6. The van der Waals surface area contributed by atoms with E-state index in [-0.39, 0.29) is 47.5 Å². The highest BCUT2D eigenvalue weighted by molar-refractivity contribution is 6.05. The molecular formula is C29H34FN3O5. The van der Waals surface area contributed by atoms with Gasteiger partial charge in [-0.25, -0.2) is 4.39 Å². The number of morpholine rings is 1. The smallest absolute Gasteiger partial charge is 0.255 e. The van der Waals surface area contributed by atoms with Gasteiger partial charge in [0.05, 0.1) is 20.4 Å². The molecule has 3 aliphatic rings. The summed E-state index contributed by atoms with van der Waals surface area (Å²) in [6.07, 6.45) is 0.0284. The van der Waals surface area contributed by atoms with Crippen LogP contribution in [0.3, 0.4) is 0 Å². The maximum Gasteiger partial charge on any atom is 0.255 e. The SMILES string of the molecule is [2H]C1([2H])c2c(OCc3cc(CN4CC(C)(C)OC(C)(C)C4)ccc3F)cccc2C(=O)N1C1CCC(=O)NC1=O. The summed E-state index contributed by atoms with van der Waals surface area (Å²) in [6, 6.07) is 8.30. The minimum atomic E-state index is -2.37. The minimum absolute atomic E-state index is 0.00499. The van der Waals surface area contributed by atoms with E-state index in [1.54, 1.807) is 18.2 Å². The molecule has 3 aliphatic heterocycles. The predicted octanol–water partition coefficient (Wildman–Crippen LogP) is 3.56. The van der Waals surface area contributed by atoms with Crippen LogP contribution in [0.4, 0.5) is 4.39 Å². The Kier molecular flexibility index (Phi) is 6.12. The Morgan fingerprint density at radius 2 is 1.87 bits per heavy atom. The molecule has 38 heavy (non-hydrogen) atoms. The molecule has 1 atom stereocenters. The van der Waals surface area contributed by atoms with Crippen LogP contribution < -0.4 is 10.1 Å². The molecule has 9 heteroatoms. The van der Waals surface area contributed by atoms with Crippen molar-refractivity contribution in [2.45, 2.75) is 77.4 Å². The molecule has 2 aromatic rings. The predicted molar refractivity (Wildman–Crippen MR) is 138 cm³/mol. The lowest BCUT2D eigenvalue weighted by Gasteiger charge is -2.47. The van der Waals surface area contributed by atoms with E-state index < -0.39 is 36.1 Å². The molecular weight excluding hydrogens is 489 g/mol. The fraction of sp³-hybridized carbons (Fsp3) is 0.483. The molecule has 8 nitrogen and oxygen atoms in total. The van der Waals surface area contributed by atoms with Gasteiger partial charge >= 0.3 is 0 Å². The third-order valence-electron chi connectivity index (χ3n) is 6.89. The molecule has 3 heterocycles. The Morgan fingerprint density at radius 1 is 1.13 bits per heavy atom. The first-order valence-corrected chi connectivity index (χ1v) is 12.8. The summed E-state index contributed by atoms with van der Waals surface area (Å²) < 4.78 is 44.5. The van der Waals surface area contributed by atoms with Crippen LogP contribution in [0.15, 0.2) is 36.4 Å². The monoisotopic (exact) mass is 525 g/mol. The van der Waals surface area contributed by atoms with Crippen LogP contribution in [0.2, 0.25) is 0 Å². The zero-order valence-corrected chi connectivity index (χ0v) is 22.1. The molecule has 202 valence electrons. The van der Waals surface area contributed by atoms with Crippen molar-refractivity contribution < 1.29 is 31.0 Å². The van der Waals surface area contributed by atoms with Crippen molar-refractivity contribution >= 4 is 17.7 Å². The Hall–Kier alpha value is -3.30. The van der Waals surface area contributed by atoms with Crippen molar-refractivity contribution in [3.05, 3.63) is 64.5 Å². The second-order valence-electron chi connectivity index (χ2n) is 11.4. The van der Waals surface area contributed by atoms with Crippen LogP contribution in [0.25, 0.3) is 0 Å². The van der Waals surface area contributed by atoms with Gasteiger partial charge in [-0.15, -0.1) is 0 Å². The molecule has 0 radical (unpaired) electrons. The topological polar surface area (TPSA) is 88.2 Å². The van der Waals surface area contributed by atoms with Gasteiger partial charge in [0.2, 0.25) is 11.8 Å². The summed E-state index contributed by atoms with van der Waals surface area (Å²) in [5.74, 6) is -2.20. The number of piperidine rings is 1. The van der Waals surface area contributed by atoms with E-state index in [9.17, 15) is 18.8 Å². The lowest BCUT2D eigenvalue weighted by Crippen LogP contribution is -2.56. The van der Waals surface area contributed by atoms with Gasteiger partial charge in [0, 0.05) is 42.7 Å². The summed E-state index contributed by atoms with van der Waals surface area (Å²) in [5, 5.41) is 2.18. The van der Waals surface area contributed by atoms with Gasteiger partial charge in [-0.3, -0.25) is 24.6 Å². The molecule has 2 aromatic carbocycles. The number of nitrogens with one attached hydrogen (secondary N) is 1. The average molecular weight is 526 g/mol. The van der Waals surface area contributed by atoms with E-state index in [0.717, 1.165) is 23.6 Å². The first-order valence-electron chi connectivity index (χ1n) is 13.8. The minimum Gasteiger partial charge on any atom is -0.488 e. The zero-order valence-electron chi connectivity index (χ0n) is 24.1. The van der Waals surface area contributed by atoms with Gasteiger partial charge in [-0.2, -0.15) is 0 Å². The number of benzene rings is 2. The highest BCUT2D eigenvalue weighted by Gasteiger charge is 2.40. The number of ether oxygens (including phenoxy) is 2. The first-order chi connectivity index (χ1) is 18.7. The molecule has 0 saturated carbocycles. The fourth-order valence-electron chi connectivity index (χ4n) is 5.70. The maximum absolute atomic E-state index is 14.8. The number of carbonyl (C=O) groups is 3. The van der Waals surface area contributed by atoms with Crippen LogP contribution >= 0.6 is 0 Å². The van der Waals surface area contributed by atoms with Gasteiger partial charge in [-0.05, 0) is 63.9 Å². The standard InChI is InChI=1S/C29H34FN3O5/c1-28(2)16-32(17-29(3,4)38-28)13-18-8-9-22(30)19(12-18)15-37-24-7-5-6-20-21(24)14-33(27(20)36)23-10-11-25(34)31-26(23)35/h5-9,12,23H,10-11,13-17H2,1-4H3,(H,31,34,35)/i14D2. The number of nitrogens with zero attached hydrogens (tertiary/aromatic N) is 2. The van der Waals surface area contributed by atoms with Crippen molar-refractivity contribution in [3.63, 3.8) is 0 Å². The van der Waals surface area contributed by atoms with Crippen LogP contribution in [0, 0.1) is 5.82 Å². The van der Waals surface area contributed by atoms with E-state index in [1.807, 2.05) is 27.7 Å². The number of hydrogen-bond donors (Lipinski definition) is 1. The van der Waals surface area contributed by atoms with E-state index in [1.165, 1.54) is 18.2 Å². The van der Waals surface area contributed by atoms with Gasteiger partial charge < -0.3 is 14.4 Å². The average Bonchev–Trinajstić information content (AvgIpc) is 3.03. The Morgan fingerprint density at radius 3 is 2.58 bits per heavy atom. The van der Waals surface area contributed by atoms with Crippen LogP contribution in [-0.4, -0.2) is 57.9 Å². The van der Waals surface area contributed by atoms with Gasteiger partial charge in [0.25, 0.3) is 5.91 Å². The van der Waals surface area contributed by atoms with E-state index in [2.05, 4.69) is 10.2 Å². The second kappa shape index (κ2) is 9.78. The fourth-order valence-corrected chi connectivity index (χ4v) is 5.70. The van der Waals surface area contributed by atoms with Gasteiger partial charge in [0.15, 0.2) is 0 Å². The van der Waals surface area contributed by atoms with Crippen molar-refractivity contribution in [2.24, 2.45) is 0 Å². The third kappa shape index (κ3) is 5.44. The molecule has 0 spiro atoms. The van der Waals surface area contributed by atoms with Crippen molar-refractivity contribution in [1.82, 2.24) is 15.1 Å². The van der Waals surface area contributed by atoms with E-state index in [0.29, 0.717) is 12.1 Å². The molecule has 2 saturated heterocycles. The van der Waals surface area contributed by atoms with E-state index in [4.69, 9.17) is 12.2 Å². The number of halogens is 1. The lowest BCUT2D eigenvalue weighted by molar-refractivity contribution is -0.182. The van der Waals surface area contributed by atoms with Crippen molar-refractivity contribution in [2.75, 3.05) is 13.1 Å². The molecule has 1 unspecified atom stereocenters. The molecule has 2 fully saturated rings. The van der Waals surface area contributed by atoms with Crippen LogP contribution in [0.5, 0.6) is 5.75 Å². The molecule has 3 amide bonds. The van der Waals surface area contributed by atoms with Gasteiger partial charge in [0.1, 0.15) is 24.2 Å². The second-order valence-corrected chi connectivity index (χ2v) is 11.4. The third-order valence-corrected chi connectivity index (χ3v) is 6.89. The van der Waals surface area contributed by atoms with Crippen LogP contribution in [0.1, 0.15) is 70.3 Å². The number of amides is 3. The summed E-state index contributed by atoms with van der Waals surface area (Å²) in [5.41, 5.74) is 0.618. The summed E-state index contributed by atoms with van der Waals surface area (Å²) >= 11 is 0. The number of imide groups is 1. The number of carbonyl (C=O) groups excluding carboxylic acids is 3. The van der Waals surface area contributed by atoms with Crippen molar-refractivity contribution in [3.8, 4) is 5.75 Å². The highest BCUT2D eigenvalue weighted by atomic mass is 19.1. The van der Waals surface area contributed by atoms with E-state index >= 15 is 0 Å². The molecule has 0 bridgehead atoms. The molecule has 5 rings (SSSR count). The first kappa shape index (κ1) is 23.8. The Bertz CT molecular complexity index is 1360. The number of fused-ring (bicyclic) bond motifs is 1. The summed E-state index contributed by atoms with van der Waals surface area (Å²) in [4.78, 5) is 40.5. The molecule has 0 aliphatic carbocycles. The van der Waals surface area contributed by atoms with Crippen molar-refractivity contribution in [1.29, 1.82) is 0 Å². The zero-order chi connectivity index (χ0) is 29.0. The molecule has 1 N–H and O–H groups in total. The lowest BCUT2D eigenvalue weighted by atomic mass is 9.98. The largest absolute Gasteiger partial charge is 0.488 e. The summed E-state index contributed by atoms with van der Waals surface area (Å²) in [7, 11) is 0. The Balaban J connectivity index is 1.35.